The molecule has 150 valence electrons. The molecule has 9 heteroatoms. The van der Waals surface area contributed by atoms with E-state index in [0.717, 1.165) is 21.4 Å². The third kappa shape index (κ3) is 6.43. The summed E-state index contributed by atoms with van der Waals surface area (Å²) in [7, 11) is 1.53. The van der Waals surface area contributed by atoms with Gasteiger partial charge in [-0.25, -0.2) is 4.79 Å². The molecular formula is C19H21BrN2O5S. The van der Waals surface area contributed by atoms with Crippen molar-refractivity contribution in [1.82, 2.24) is 9.88 Å². The van der Waals surface area contributed by atoms with Crippen molar-refractivity contribution >= 4 is 51.3 Å². The fourth-order valence-electron chi connectivity index (χ4n) is 2.32. The van der Waals surface area contributed by atoms with E-state index in [-0.39, 0.29) is 24.6 Å². The minimum atomic E-state index is -0.564. The minimum absolute atomic E-state index is 0.198. The quantitative estimate of drug-likeness (QED) is 0.452. The SMILES string of the molecule is CCOC(=O)/C=c1\s/c(=C/c2cccc(Br)c2)c(=O)n1CC(=O)NCCOC. The Kier molecular flexibility index (Phi) is 8.62. The predicted molar refractivity (Wildman–Crippen MR) is 112 cm³/mol. The molecule has 0 spiro atoms. The van der Waals surface area contributed by atoms with Crippen LogP contribution in [0.3, 0.4) is 0 Å². The smallest absolute Gasteiger partial charge is 0.333 e. The van der Waals surface area contributed by atoms with Crippen molar-refractivity contribution in [3.63, 3.8) is 0 Å². The zero-order valence-electron chi connectivity index (χ0n) is 15.6. The largest absolute Gasteiger partial charge is 0.463 e. The van der Waals surface area contributed by atoms with Crippen LogP contribution in [0.2, 0.25) is 0 Å². The predicted octanol–water partition coefficient (Wildman–Crippen LogP) is 0.607. The molecular weight excluding hydrogens is 448 g/mol. The maximum absolute atomic E-state index is 12.8. The number of carbonyl (C=O) groups is 2. The summed E-state index contributed by atoms with van der Waals surface area (Å²) < 4.78 is 12.7. The van der Waals surface area contributed by atoms with Crippen molar-refractivity contribution in [2.45, 2.75) is 13.5 Å². The van der Waals surface area contributed by atoms with Crippen molar-refractivity contribution in [3.05, 3.63) is 53.9 Å². The van der Waals surface area contributed by atoms with Crippen LogP contribution < -0.4 is 20.1 Å². The number of rotatable bonds is 8. The molecule has 1 amide bonds. The first kappa shape index (κ1) is 22.1. The van der Waals surface area contributed by atoms with Crippen LogP contribution >= 0.6 is 27.3 Å². The van der Waals surface area contributed by atoms with Gasteiger partial charge in [0.2, 0.25) is 5.91 Å². The summed E-state index contributed by atoms with van der Waals surface area (Å²) in [5.41, 5.74) is 0.481. The van der Waals surface area contributed by atoms with Crippen LogP contribution in [0, 0.1) is 0 Å². The molecule has 7 nitrogen and oxygen atoms in total. The molecule has 0 radical (unpaired) electrons. The lowest BCUT2D eigenvalue weighted by Crippen LogP contribution is -2.39. The van der Waals surface area contributed by atoms with E-state index >= 15 is 0 Å². The monoisotopic (exact) mass is 468 g/mol. The number of thiazole rings is 1. The molecule has 2 rings (SSSR count). The lowest BCUT2D eigenvalue weighted by Gasteiger charge is -2.05. The summed E-state index contributed by atoms with van der Waals surface area (Å²) in [5, 5.41) is 2.67. The van der Waals surface area contributed by atoms with Gasteiger partial charge in [0.15, 0.2) is 0 Å². The van der Waals surface area contributed by atoms with Crippen LogP contribution in [0.25, 0.3) is 12.2 Å². The Labute approximate surface area is 174 Å². The first-order valence-corrected chi connectivity index (χ1v) is 10.2. The summed E-state index contributed by atoms with van der Waals surface area (Å²) >= 11 is 4.53. The molecule has 0 fully saturated rings. The van der Waals surface area contributed by atoms with Crippen LogP contribution in [0.15, 0.2) is 33.5 Å². The van der Waals surface area contributed by atoms with Crippen molar-refractivity contribution < 1.29 is 19.1 Å². The van der Waals surface area contributed by atoms with Gasteiger partial charge >= 0.3 is 5.97 Å². The average Bonchev–Trinajstić information content (AvgIpc) is 2.91. The van der Waals surface area contributed by atoms with Crippen molar-refractivity contribution in [1.29, 1.82) is 0 Å². The van der Waals surface area contributed by atoms with E-state index in [1.165, 1.54) is 17.8 Å². The maximum Gasteiger partial charge on any atom is 0.333 e. The van der Waals surface area contributed by atoms with Gasteiger partial charge in [0.25, 0.3) is 5.56 Å². The Morgan fingerprint density at radius 2 is 2.14 bits per heavy atom. The van der Waals surface area contributed by atoms with E-state index in [1.54, 1.807) is 13.0 Å². The lowest BCUT2D eigenvalue weighted by molar-refractivity contribution is -0.135. The molecule has 1 aromatic carbocycles. The number of hydrogen-bond acceptors (Lipinski definition) is 6. The van der Waals surface area contributed by atoms with Gasteiger partial charge in [-0.05, 0) is 30.7 Å². The molecule has 1 aromatic heterocycles. The number of hydrogen-bond donors (Lipinski definition) is 1. The zero-order chi connectivity index (χ0) is 20.5. The van der Waals surface area contributed by atoms with E-state index in [9.17, 15) is 14.4 Å². The number of nitrogens with one attached hydrogen (secondary N) is 1. The molecule has 2 aromatic rings. The van der Waals surface area contributed by atoms with Gasteiger partial charge < -0.3 is 14.8 Å². The molecule has 1 heterocycles. The highest BCUT2D eigenvalue weighted by molar-refractivity contribution is 9.10. The number of amides is 1. The molecule has 0 aliphatic heterocycles. The topological polar surface area (TPSA) is 86.6 Å². The molecule has 28 heavy (non-hydrogen) atoms. The second-order valence-electron chi connectivity index (χ2n) is 5.63. The van der Waals surface area contributed by atoms with Crippen LogP contribution in [0.5, 0.6) is 0 Å². The number of esters is 1. The Bertz CT molecular complexity index is 1010. The first-order chi connectivity index (χ1) is 13.4. The van der Waals surface area contributed by atoms with Crippen LogP contribution in [0.4, 0.5) is 0 Å². The van der Waals surface area contributed by atoms with E-state index < -0.39 is 5.97 Å². The third-order valence-electron chi connectivity index (χ3n) is 3.54. The molecule has 0 aliphatic rings. The second kappa shape index (κ2) is 10.9. The average molecular weight is 469 g/mol. The fourth-order valence-corrected chi connectivity index (χ4v) is 3.76. The van der Waals surface area contributed by atoms with Crippen molar-refractivity contribution in [2.75, 3.05) is 26.9 Å². The van der Waals surface area contributed by atoms with Gasteiger partial charge in [-0.2, -0.15) is 0 Å². The third-order valence-corrected chi connectivity index (χ3v) is 5.09. The van der Waals surface area contributed by atoms with Crippen LogP contribution in [0.1, 0.15) is 12.5 Å². The van der Waals surface area contributed by atoms with Gasteiger partial charge in [-0.1, -0.05) is 28.1 Å². The summed E-state index contributed by atoms with van der Waals surface area (Å²) in [6, 6.07) is 7.47. The molecule has 0 unspecified atom stereocenters. The van der Waals surface area contributed by atoms with Crippen LogP contribution in [-0.4, -0.2) is 43.3 Å². The summed E-state index contributed by atoms with van der Waals surface area (Å²) in [6.07, 6.45) is 2.95. The number of halogens is 1. The van der Waals surface area contributed by atoms with E-state index in [1.807, 2.05) is 24.3 Å². The Balaban J connectivity index is 2.46. The molecule has 0 saturated carbocycles. The molecule has 0 aliphatic carbocycles. The highest BCUT2D eigenvalue weighted by atomic mass is 79.9. The van der Waals surface area contributed by atoms with Crippen molar-refractivity contribution in [3.8, 4) is 0 Å². The van der Waals surface area contributed by atoms with Crippen molar-refractivity contribution in [2.24, 2.45) is 0 Å². The first-order valence-electron chi connectivity index (χ1n) is 8.55. The van der Waals surface area contributed by atoms with E-state index in [0.29, 0.717) is 22.3 Å². The molecule has 0 saturated heterocycles. The maximum atomic E-state index is 12.8. The number of methoxy groups -OCH3 is 1. The van der Waals surface area contributed by atoms with E-state index in [2.05, 4.69) is 21.2 Å². The van der Waals surface area contributed by atoms with E-state index in [4.69, 9.17) is 9.47 Å². The molecule has 1 N–H and O–H groups in total. The Morgan fingerprint density at radius 3 is 2.82 bits per heavy atom. The normalized spacial score (nSPS) is 12.2. The highest BCUT2D eigenvalue weighted by Gasteiger charge is 2.11. The van der Waals surface area contributed by atoms with Gasteiger partial charge in [0, 0.05) is 18.1 Å². The van der Waals surface area contributed by atoms with Gasteiger partial charge in [-0.15, -0.1) is 11.3 Å². The summed E-state index contributed by atoms with van der Waals surface area (Å²) in [4.78, 5) is 36.8. The standard InChI is InChI=1S/C19H21BrN2O5S/c1-3-27-18(24)11-17-22(12-16(23)21-7-8-26-2)19(25)15(28-17)10-13-5-4-6-14(20)9-13/h4-6,9-11H,3,7-8,12H2,1-2H3,(H,21,23)/b15-10+,17-11-. The lowest BCUT2D eigenvalue weighted by atomic mass is 10.2. The highest BCUT2D eigenvalue weighted by Crippen LogP contribution is 2.11. The number of ether oxygens (including phenoxy) is 2. The Hall–Kier alpha value is -2.23. The number of benzene rings is 1. The van der Waals surface area contributed by atoms with Gasteiger partial charge in [0.05, 0.1) is 23.8 Å². The summed E-state index contributed by atoms with van der Waals surface area (Å²) in [6.45, 7) is 2.43. The number of carbonyl (C=O) groups excluding carboxylic acids is 2. The molecule has 0 bridgehead atoms. The van der Waals surface area contributed by atoms with Gasteiger partial charge in [-0.3, -0.25) is 14.2 Å². The zero-order valence-corrected chi connectivity index (χ0v) is 18.0. The van der Waals surface area contributed by atoms with Gasteiger partial charge in [0.1, 0.15) is 11.2 Å². The second-order valence-corrected chi connectivity index (χ2v) is 7.61. The number of aromatic nitrogens is 1. The Morgan fingerprint density at radius 1 is 1.36 bits per heavy atom. The fraction of sp³-hybridized carbons (Fsp3) is 0.316. The number of nitrogens with zero attached hydrogens (tertiary/aromatic N) is 1. The minimum Gasteiger partial charge on any atom is -0.463 e. The van der Waals surface area contributed by atoms with Crippen LogP contribution in [-0.2, 0) is 25.6 Å². The molecule has 0 atom stereocenters. The summed E-state index contributed by atoms with van der Waals surface area (Å²) in [5.74, 6) is -0.907.